The van der Waals surface area contributed by atoms with E-state index < -0.39 is 5.41 Å². The van der Waals surface area contributed by atoms with Gasteiger partial charge in [-0.1, -0.05) is 182 Å². The zero-order valence-electron chi connectivity index (χ0n) is 35.4. The van der Waals surface area contributed by atoms with E-state index in [2.05, 4.69) is 223 Å². The number of benzene rings is 8. The molecule has 0 fully saturated rings. The Labute approximate surface area is 369 Å². The van der Waals surface area contributed by atoms with E-state index in [0.717, 1.165) is 25.0 Å². The van der Waals surface area contributed by atoms with E-state index in [1.807, 2.05) is 0 Å². The lowest BCUT2D eigenvalue weighted by molar-refractivity contribution is 0.567. The fourth-order valence-electron chi connectivity index (χ4n) is 11.4. The maximum atomic E-state index is 5.79. The molecule has 0 aliphatic heterocycles. The predicted molar refractivity (Wildman–Crippen MR) is 264 cm³/mol. The molecule has 3 heteroatoms. The van der Waals surface area contributed by atoms with Crippen molar-refractivity contribution in [3.63, 3.8) is 0 Å². The van der Waals surface area contributed by atoms with Gasteiger partial charge in [0, 0.05) is 46.3 Å². The van der Waals surface area contributed by atoms with Crippen LogP contribution in [-0.2, 0) is 12.0 Å². The highest BCUT2D eigenvalue weighted by Crippen LogP contribution is 2.64. The molecule has 302 valence electrons. The first-order valence-corrected chi connectivity index (χ1v) is 22.4. The van der Waals surface area contributed by atoms with Gasteiger partial charge in [0.15, 0.2) is 0 Å². The summed E-state index contributed by atoms with van der Waals surface area (Å²) in [7, 11) is 2.14. The van der Waals surface area contributed by atoms with Crippen molar-refractivity contribution in [3.8, 4) is 16.8 Å². The van der Waals surface area contributed by atoms with Crippen LogP contribution < -0.4 is 5.32 Å². The smallest absolute Gasteiger partial charge is 0.0722 e. The minimum Gasteiger partial charge on any atom is -0.391 e. The number of hydrogen-bond donors (Lipinski definition) is 1. The van der Waals surface area contributed by atoms with E-state index in [9.17, 15) is 0 Å². The van der Waals surface area contributed by atoms with Crippen LogP contribution in [0.2, 0.25) is 0 Å². The van der Waals surface area contributed by atoms with Crippen molar-refractivity contribution in [2.45, 2.75) is 31.2 Å². The van der Waals surface area contributed by atoms with Crippen LogP contribution in [0.3, 0.4) is 0 Å². The summed E-state index contributed by atoms with van der Waals surface area (Å²) in [6.07, 6.45) is 8.20. The van der Waals surface area contributed by atoms with Crippen molar-refractivity contribution >= 4 is 43.9 Å². The number of rotatable bonds is 7. The number of nitrogens with one attached hydrogen (secondary N) is 1. The van der Waals surface area contributed by atoms with E-state index in [0.29, 0.717) is 6.54 Å². The second-order valence-corrected chi connectivity index (χ2v) is 17.2. The maximum absolute atomic E-state index is 5.79. The third-order valence-electron chi connectivity index (χ3n) is 14.0. The van der Waals surface area contributed by atoms with Gasteiger partial charge < -0.3 is 9.88 Å². The predicted octanol–water partition coefficient (Wildman–Crippen LogP) is 14.2. The molecule has 3 nitrogen and oxygen atoms in total. The van der Waals surface area contributed by atoms with Gasteiger partial charge in [0.25, 0.3) is 0 Å². The fourth-order valence-corrected chi connectivity index (χ4v) is 11.4. The van der Waals surface area contributed by atoms with Gasteiger partial charge in [-0.25, -0.2) is 0 Å². The number of fused-ring (bicyclic) bond motifs is 11. The zero-order valence-corrected chi connectivity index (χ0v) is 35.4. The summed E-state index contributed by atoms with van der Waals surface area (Å²) in [4.78, 5) is 5.79. The summed E-state index contributed by atoms with van der Waals surface area (Å²) in [5, 5.41) is 8.90. The third kappa shape index (κ3) is 5.76. The number of allylic oxidation sites excluding steroid dienone is 5. The van der Waals surface area contributed by atoms with E-state index in [1.54, 1.807) is 0 Å². The van der Waals surface area contributed by atoms with Gasteiger partial charge in [-0.2, -0.15) is 0 Å². The molecule has 9 aromatic rings. The van der Waals surface area contributed by atoms with Crippen LogP contribution in [0.25, 0.3) is 55.0 Å². The molecule has 0 amide bonds. The van der Waals surface area contributed by atoms with Gasteiger partial charge >= 0.3 is 0 Å². The number of aliphatic imine (C=N–C) groups is 1. The molecule has 8 aromatic carbocycles. The average Bonchev–Trinajstić information content (AvgIpc) is 3.93. The van der Waals surface area contributed by atoms with Crippen molar-refractivity contribution < 1.29 is 0 Å². The first-order valence-electron chi connectivity index (χ1n) is 22.4. The summed E-state index contributed by atoms with van der Waals surface area (Å²) in [5.41, 5.74) is 18.2. The Morgan fingerprint density at radius 3 is 1.92 bits per heavy atom. The summed E-state index contributed by atoms with van der Waals surface area (Å²) >= 11 is 0. The van der Waals surface area contributed by atoms with Crippen LogP contribution in [0.5, 0.6) is 0 Å². The monoisotopic (exact) mass is 809 g/mol. The molecule has 12 rings (SSSR count). The molecule has 3 aliphatic carbocycles. The first-order chi connectivity index (χ1) is 31.2. The van der Waals surface area contributed by atoms with Gasteiger partial charge in [-0.15, -0.1) is 0 Å². The average molecular weight is 810 g/mol. The number of aromatic nitrogens is 1. The van der Waals surface area contributed by atoms with E-state index in [-0.39, 0.29) is 5.92 Å². The molecule has 1 atom stereocenters. The Morgan fingerprint density at radius 2 is 1.22 bits per heavy atom. The standard InChI is InChI=1S/C60H47N3/c1-61-58-51-28-8-6-21-43(41-34-36-44(37-35-41)63-55-32-15-11-26-48(55)49-27-12-16-33-56(49)63)38-54(51)60(52-30-13-9-24-46(52)47-25-10-14-31-53(47)60)57(58)59(62-39-40-18-3-2-4-19-40)50-29-17-22-42-20-5-7-23-45(42)50/h2-5,7,9-27,29-38,51,61H,6,8,28,39H2,1H3/b43-21+,54-38+,62-59?. The summed E-state index contributed by atoms with van der Waals surface area (Å²) in [6, 6.07) is 71.4. The Balaban J connectivity index is 1.10. The fraction of sp³-hybridized carbons (Fsp3) is 0.117. The molecule has 1 unspecified atom stereocenters. The molecular formula is C60H47N3. The van der Waals surface area contributed by atoms with Crippen LogP contribution in [0, 0.1) is 5.92 Å². The topological polar surface area (TPSA) is 29.3 Å². The van der Waals surface area contributed by atoms with E-state index in [4.69, 9.17) is 4.99 Å². The summed E-state index contributed by atoms with van der Waals surface area (Å²) < 4.78 is 2.41. The minimum atomic E-state index is -0.595. The number of para-hydroxylation sites is 2. The van der Waals surface area contributed by atoms with Crippen LogP contribution in [-0.4, -0.2) is 17.3 Å². The highest BCUT2D eigenvalue weighted by molar-refractivity contribution is 6.23. The first kappa shape index (κ1) is 37.3. The van der Waals surface area contributed by atoms with Gasteiger partial charge in [-0.3, -0.25) is 4.99 Å². The van der Waals surface area contributed by atoms with Gasteiger partial charge in [-0.05, 0) is 98.8 Å². The molecule has 0 bridgehead atoms. The van der Waals surface area contributed by atoms with Crippen molar-refractivity contribution in [2.24, 2.45) is 10.9 Å². The molecule has 63 heavy (non-hydrogen) atoms. The summed E-state index contributed by atoms with van der Waals surface area (Å²) in [5.74, 6) is 0.154. The lowest BCUT2D eigenvalue weighted by Gasteiger charge is -2.35. The maximum Gasteiger partial charge on any atom is 0.0722 e. The van der Waals surface area contributed by atoms with Crippen LogP contribution >= 0.6 is 0 Å². The minimum absolute atomic E-state index is 0.154. The van der Waals surface area contributed by atoms with Gasteiger partial charge in [0.1, 0.15) is 0 Å². The van der Waals surface area contributed by atoms with Crippen LogP contribution in [0.1, 0.15) is 47.1 Å². The Bertz CT molecular complexity index is 3270. The van der Waals surface area contributed by atoms with Crippen molar-refractivity contribution in [1.29, 1.82) is 0 Å². The molecule has 1 N–H and O–H groups in total. The highest BCUT2D eigenvalue weighted by Gasteiger charge is 2.57. The van der Waals surface area contributed by atoms with Crippen LogP contribution in [0.4, 0.5) is 0 Å². The molecule has 1 spiro atoms. The molecule has 0 saturated carbocycles. The lowest BCUT2D eigenvalue weighted by Crippen LogP contribution is -2.33. The van der Waals surface area contributed by atoms with Crippen molar-refractivity contribution in [1.82, 2.24) is 9.88 Å². The molecule has 0 radical (unpaired) electrons. The second kappa shape index (κ2) is 15.1. The lowest BCUT2D eigenvalue weighted by atomic mass is 9.65. The van der Waals surface area contributed by atoms with E-state index >= 15 is 0 Å². The highest BCUT2D eigenvalue weighted by atomic mass is 15.0. The van der Waals surface area contributed by atoms with Crippen molar-refractivity contribution in [2.75, 3.05) is 7.05 Å². The second-order valence-electron chi connectivity index (χ2n) is 17.2. The number of hydrogen-bond acceptors (Lipinski definition) is 2. The molecule has 0 saturated heterocycles. The summed E-state index contributed by atoms with van der Waals surface area (Å²) in [6.45, 7) is 0.576. The van der Waals surface area contributed by atoms with Gasteiger partial charge in [0.2, 0.25) is 0 Å². The molecule has 1 heterocycles. The third-order valence-corrected chi connectivity index (χ3v) is 14.0. The Morgan fingerprint density at radius 1 is 0.619 bits per heavy atom. The molecule has 3 aliphatic rings. The van der Waals surface area contributed by atoms with Gasteiger partial charge in [0.05, 0.1) is 28.7 Å². The SMILES string of the molecule is CNC1=C(C(=NCc2ccccc2)c2cccc3ccccc23)C2(/C3=C/C(c4ccc(-n5c6ccccc6c6ccccc65)cc4)=C\CCCC13)c1ccccc1-c1ccccc12. The zero-order chi connectivity index (χ0) is 41.9. The molecule has 1 aromatic heterocycles. The van der Waals surface area contributed by atoms with Crippen LogP contribution in [0.15, 0.2) is 228 Å². The molecular weight excluding hydrogens is 763 g/mol. The van der Waals surface area contributed by atoms with E-state index in [1.165, 1.54) is 99.6 Å². The largest absolute Gasteiger partial charge is 0.391 e. The van der Waals surface area contributed by atoms with Crippen molar-refractivity contribution in [3.05, 3.63) is 251 Å². The Kier molecular flexibility index (Phi) is 8.96. The number of nitrogens with zero attached hydrogens (tertiary/aromatic N) is 2. The quantitative estimate of drug-likeness (QED) is 0.160. The normalized spacial score (nSPS) is 18.4. The Hall–Kier alpha value is -7.49.